The van der Waals surface area contributed by atoms with Gasteiger partial charge in [-0.25, -0.2) is 4.79 Å². The monoisotopic (exact) mass is 546 g/mol. The minimum atomic E-state index is -1.47. The van der Waals surface area contributed by atoms with Crippen LogP contribution >= 0.6 is 11.8 Å². The second-order valence-corrected chi connectivity index (χ2v) is 9.64. The molecule has 2 aromatic carbocycles. The predicted molar refractivity (Wildman–Crippen MR) is 143 cm³/mol. The van der Waals surface area contributed by atoms with E-state index in [1.54, 1.807) is 42.5 Å². The maximum absolute atomic E-state index is 13.1. The number of carboxylic acids is 1. The Hall–Kier alpha value is -3.61. The zero-order valence-corrected chi connectivity index (χ0v) is 21.8. The summed E-state index contributed by atoms with van der Waals surface area (Å²) in [5.41, 5.74) is 7.23. The van der Waals surface area contributed by atoms with Crippen molar-refractivity contribution >= 4 is 35.5 Å². The van der Waals surface area contributed by atoms with Crippen LogP contribution in [0.2, 0.25) is 0 Å². The van der Waals surface area contributed by atoms with Gasteiger partial charge in [0.1, 0.15) is 23.9 Å². The summed E-state index contributed by atoms with van der Waals surface area (Å²) in [5, 5.41) is 36.2. The number of rotatable bonds is 15. The first-order valence-electron chi connectivity index (χ1n) is 12.0. The molecule has 4 atom stereocenters. The molecule has 0 bridgehead atoms. The summed E-state index contributed by atoms with van der Waals surface area (Å²) in [6.07, 6.45) is 2.28. The number of carboxylic acid groups (broad SMARTS) is 1. The Bertz CT molecular complexity index is 1070. The molecule has 0 saturated heterocycles. The Balaban J connectivity index is 2.13. The Morgan fingerprint density at radius 3 is 1.92 bits per heavy atom. The summed E-state index contributed by atoms with van der Waals surface area (Å²) in [5.74, 6) is -2.83. The van der Waals surface area contributed by atoms with Crippen LogP contribution in [-0.2, 0) is 32.0 Å². The number of phenols is 1. The van der Waals surface area contributed by atoms with E-state index in [0.29, 0.717) is 23.3 Å². The zero-order chi connectivity index (χ0) is 28.1. The number of nitrogens with two attached hydrogens (primary N) is 1. The molecule has 0 radical (unpaired) electrons. The van der Waals surface area contributed by atoms with E-state index in [4.69, 9.17) is 5.73 Å². The van der Waals surface area contributed by atoms with Crippen LogP contribution in [0.25, 0.3) is 0 Å². The molecule has 0 aliphatic carbocycles. The topological polar surface area (TPSA) is 191 Å². The van der Waals surface area contributed by atoms with Gasteiger partial charge in [-0.2, -0.15) is 11.8 Å². The molecule has 4 unspecified atom stereocenters. The molecular weight excluding hydrogens is 512 g/mol. The van der Waals surface area contributed by atoms with Crippen molar-refractivity contribution in [1.82, 2.24) is 16.0 Å². The number of hydrogen-bond acceptors (Lipinski definition) is 8. The van der Waals surface area contributed by atoms with Gasteiger partial charge in [-0.1, -0.05) is 42.5 Å². The lowest BCUT2D eigenvalue weighted by molar-refractivity contribution is -0.142. The Morgan fingerprint density at radius 2 is 1.34 bits per heavy atom. The highest BCUT2D eigenvalue weighted by Crippen LogP contribution is 2.12. The van der Waals surface area contributed by atoms with E-state index in [1.807, 2.05) is 6.26 Å². The van der Waals surface area contributed by atoms with E-state index in [9.17, 15) is 34.5 Å². The molecule has 11 nitrogen and oxygen atoms in total. The Kier molecular flexibility index (Phi) is 12.6. The molecular formula is C26H34N4O7S. The molecule has 12 heteroatoms. The lowest BCUT2D eigenvalue weighted by Crippen LogP contribution is -2.58. The summed E-state index contributed by atoms with van der Waals surface area (Å²) in [7, 11) is 0. The third kappa shape index (κ3) is 10.0. The highest BCUT2D eigenvalue weighted by Gasteiger charge is 2.30. The number of thioether (sulfide) groups is 1. The fourth-order valence-electron chi connectivity index (χ4n) is 3.52. The number of phenolic OH excluding ortho intramolecular Hbond substituents is 1. The van der Waals surface area contributed by atoms with Gasteiger partial charge in [-0.3, -0.25) is 14.4 Å². The fourth-order valence-corrected chi connectivity index (χ4v) is 4.01. The highest BCUT2D eigenvalue weighted by molar-refractivity contribution is 7.98. The SMILES string of the molecule is CSCCC(N)C(=O)NC(Cc1ccc(O)cc1)C(=O)NC(CO)C(=O)NC(Cc1ccccc1)C(=O)O. The summed E-state index contributed by atoms with van der Waals surface area (Å²) in [6.45, 7) is -0.803. The van der Waals surface area contributed by atoms with E-state index >= 15 is 0 Å². The molecule has 3 amide bonds. The number of amides is 3. The first kappa shape index (κ1) is 30.6. The summed E-state index contributed by atoms with van der Waals surface area (Å²) in [4.78, 5) is 50.3. The highest BCUT2D eigenvalue weighted by atomic mass is 32.2. The third-order valence-electron chi connectivity index (χ3n) is 5.69. The van der Waals surface area contributed by atoms with Crippen molar-refractivity contribution in [3.05, 3.63) is 65.7 Å². The number of aliphatic hydroxyl groups is 1. The summed E-state index contributed by atoms with van der Waals surface area (Å²) < 4.78 is 0. The van der Waals surface area contributed by atoms with Crippen molar-refractivity contribution in [2.75, 3.05) is 18.6 Å². The van der Waals surface area contributed by atoms with Crippen molar-refractivity contribution in [2.24, 2.45) is 5.73 Å². The smallest absolute Gasteiger partial charge is 0.326 e. The largest absolute Gasteiger partial charge is 0.508 e. The van der Waals surface area contributed by atoms with E-state index in [1.165, 1.54) is 23.9 Å². The molecule has 0 aliphatic heterocycles. The number of benzene rings is 2. The third-order valence-corrected chi connectivity index (χ3v) is 6.34. The second kappa shape index (κ2) is 15.6. The van der Waals surface area contributed by atoms with Crippen molar-refractivity contribution in [1.29, 1.82) is 0 Å². The molecule has 0 fully saturated rings. The van der Waals surface area contributed by atoms with E-state index in [0.717, 1.165) is 0 Å². The van der Waals surface area contributed by atoms with Crippen LogP contribution in [0.3, 0.4) is 0 Å². The molecule has 0 saturated carbocycles. The Labute approximate surface area is 225 Å². The fraction of sp³-hybridized carbons (Fsp3) is 0.385. The van der Waals surface area contributed by atoms with Crippen LogP contribution in [-0.4, -0.2) is 81.8 Å². The number of aliphatic hydroxyl groups excluding tert-OH is 1. The molecule has 0 aliphatic rings. The van der Waals surface area contributed by atoms with Crippen LogP contribution < -0.4 is 21.7 Å². The van der Waals surface area contributed by atoms with Gasteiger partial charge in [0.25, 0.3) is 0 Å². The van der Waals surface area contributed by atoms with E-state index < -0.39 is 54.5 Å². The van der Waals surface area contributed by atoms with Crippen LogP contribution in [0.1, 0.15) is 17.5 Å². The molecule has 0 aromatic heterocycles. The predicted octanol–water partition coefficient (Wildman–Crippen LogP) is -0.211. The summed E-state index contributed by atoms with van der Waals surface area (Å²) >= 11 is 1.52. The average Bonchev–Trinajstić information content (AvgIpc) is 2.90. The number of nitrogens with one attached hydrogen (secondary N) is 3. The standard InChI is InChI=1S/C26H34N4O7S/c1-38-12-11-19(27)23(33)28-20(13-17-7-9-18(32)10-8-17)24(34)30-22(15-31)25(35)29-21(26(36)37)14-16-5-3-2-4-6-16/h2-10,19-22,31-32H,11-15,27H2,1H3,(H,28,33)(H,29,35)(H,30,34)(H,36,37). The number of aliphatic carboxylic acids is 1. The lowest BCUT2D eigenvalue weighted by Gasteiger charge is -2.24. The molecule has 2 aromatic rings. The zero-order valence-electron chi connectivity index (χ0n) is 21.0. The van der Waals surface area contributed by atoms with Gasteiger partial charge in [-0.05, 0) is 41.7 Å². The van der Waals surface area contributed by atoms with Gasteiger partial charge in [-0.15, -0.1) is 0 Å². The van der Waals surface area contributed by atoms with E-state index in [-0.39, 0.29) is 18.6 Å². The lowest BCUT2D eigenvalue weighted by atomic mass is 10.0. The van der Waals surface area contributed by atoms with Gasteiger partial charge in [0.05, 0.1) is 12.6 Å². The number of aromatic hydroxyl groups is 1. The van der Waals surface area contributed by atoms with Gasteiger partial charge < -0.3 is 37.0 Å². The van der Waals surface area contributed by atoms with Gasteiger partial charge >= 0.3 is 5.97 Å². The molecule has 8 N–H and O–H groups in total. The van der Waals surface area contributed by atoms with E-state index in [2.05, 4.69) is 16.0 Å². The van der Waals surface area contributed by atoms with Crippen molar-refractivity contribution in [3.8, 4) is 5.75 Å². The molecule has 0 spiro atoms. The maximum Gasteiger partial charge on any atom is 0.326 e. The number of hydrogen-bond donors (Lipinski definition) is 7. The molecule has 206 valence electrons. The quantitative estimate of drug-likeness (QED) is 0.158. The Morgan fingerprint density at radius 1 is 0.816 bits per heavy atom. The van der Waals surface area contributed by atoms with Gasteiger partial charge in [0.2, 0.25) is 17.7 Å². The maximum atomic E-state index is 13.1. The van der Waals surface area contributed by atoms with Gasteiger partial charge in [0.15, 0.2) is 0 Å². The normalized spacial score (nSPS) is 14.0. The van der Waals surface area contributed by atoms with Crippen LogP contribution in [0.15, 0.2) is 54.6 Å². The average molecular weight is 547 g/mol. The van der Waals surface area contributed by atoms with Crippen molar-refractivity contribution < 1.29 is 34.5 Å². The first-order valence-corrected chi connectivity index (χ1v) is 13.3. The minimum Gasteiger partial charge on any atom is -0.508 e. The number of carbonyl (C=O) groups excluding carboxylic acids is 3. The van der Waals surface area contributed by atoms with Crippen LogP contribution in [0.5, 0.6) is 5.75 Å². The minimum absolute atomic E-state index is 0.00147. The molecule has 0 heterocycles. The second-order valence-electron chi connectivity index (χ2n) is 8.65. The van der Waals surface area contributed by atoms with Crippen molar-refractivity contribution in [3.63, 3.8) is 0 Å². The van der Waals surface area contributed by atoms with Crippen LogP contribution in [0, 0.1) is 0 Å². The first-order chi connectivity index (χ1) is 18.1. The van der Waals surface area contributed by atoms with Crippen LogP contribution in [0.4, 0.5) is 0 Å². The number of carbonyl (C=O) groups is 4. The van der Waals surface area contributed by atoms with Crippen molar-refractivity contribution in [2.45, 2.75) is 43.4 Å². The molecule has 2 rings (SSSR count). The van der Waals surface area contributed by atoms with Gasteiger partial charge in [0, 0.05) is 12.8 Å². The molecule has 38 heavy (non-hydrogen) atoms. The summed E-state index contributed by atoms with van der Waals surface area (Å²) in [6, 6.07) is 9.92.